The van der Waals surface area contributed by atoms with Crippen molar-refractivity contribution in [2.75, 3.05) is 26.2 Å². The topological polar surface area (TPSA) is 85.8 Å². The van der Waals surface area contributed by atoms with Crippen LogP contribution in [0.15, 0.2) is 48.7 Å². The summed E-state index contributed by atoms with van der Waals surface area (Å²) < 4.78 is 0. The summed E-state index contributed by atoms with van der Waals surface area (Å²) in [6, 6.07) is 12.9. The fraction of sp³-hybridized carbons (Fsp3) is 0.381. The maximum Gasteiger partial charge on any atom is 0.318 e. The van der Waals surface area contributed by atoms with E-state index in [4.69, 9.17) is 0 Å². The van der Waals surface area contributed by atoms with Gasteiger partial charge in [0.25, 0.3) is 5.91 Å². The normalized spacial score (nSPS) is 16.1. The molecule has 1 aromatic heterocycles. The van der Waals surface area contributed by atoms with Crippen molar-refractivity contribution < 1.29 is 14.7 Å². The lowest BCUT2D eigenvalue weighted by molar-refractivity contribution is 0.0788. The molecule has 1 saturated heterocycles. The number of benzene rings is 1. The van der Waals surface area contributed by atoms with Crippen LogP contribution in [0.2, 0.25) is 0 Å². The predicted molar refractivity (Wildman–Crippen MR) is 106 cm³/mol. The van der Waals surface area contributed by atoms with E-state index in [9.17, 15) is 14.7 Å². The third kappa shape index (κ3) is 5.07. The number of carbonyl (C=O) groups is 2. The molecule has 0 unspecified atom stereocenters. The second-order valence-electron chi connectivity index (χ2n) is 7.01. The Labute approximate surface area is 165 Å². The highest BCUT2D eigenvalue weighted by atomic mass is 16.3. The number of hydrogen-bond donors (Lipinski definition) is 2. The summed E-state index contributed by atoms with van der Waals surface area (Å²) in [5.74, 6) is -0.0688. The number of pyridine rings is 1. The zero-order chi connectivity index (χ0) is 19.9. The number of carbonyl (C=O) groups excluding carboxylic acids is 2. The molecule has 7 nitrogen and oxygen atoms in total. The highest BCUT2D eigenvalue weighted by Crippen LogP contribution is 2.14. The standard InChI is InChI=1S/C21H26N4O3/c1-16-7-8-18(13-22-16)20(27)24-10-9-19(15-24)23-21(28)25(11-12-26)14-17-5-3-2-4-6-17/h2-8,13,19,26H,9-12,14-15H2,1H3,(H,23,28)/t19-/m1/s1. The Hall–Kier alpha value is -2.93. The highest BCUT2D eigenvalue weighted by molar-refractivity contribution is 5.94. The van der Waals surface area contributed by atoms with E-state index in [-0.39, 0.29) is 31.1 Å². The Morgan fingerprint density at radius 3 is 2.71 bits per heavy atom. The van der Waals surface area contributed by atoms with Gasteiger partial charge in [-0.15, -0.1) is 0 Å². The minimum Gasteiger partial charge on any atom is -0.395 e. The van der Waals surface area contributed by atoms with Crippen molar-refractivity contribution in [2.45, 2.75) is 25.9 Å². The number of aliphatic hydroxyl groups excluding tert-OH is 1. The minimum absolute atomic E-state index is 0.0688. The highest BCUT2D eigenvalue weighted by Gasteiger charge is 2.29. The number of nitrogens with zero attached hydrogens (tertiary/aromatic N) is 3. The average Bonchev–Trinajstić information content (AvgIpc) is 3.17. The van der Waals surface area contributed by atoms with Crippen molar-refractivity contribution in [1.29, 1.82) is 0 Å². The Morgan fingerprint density at radius 1 is 1.25 bits per heavy atom. The van der Waals surface area contributed by atoms with Gasteiger partial charge in [0.15, 0.2) is 0 Å². The van der Waals surface area contributed by atoms with E-state index in [2.05, 4.69) is 10.3 Å². The number of aromatic nitrogens is 1. The van der Waals surface area contributed by atoms with Gasteiger partial charge in [0.05, 0.1) is 12.2 Å². The van der Waals surface area contributed by atoms with Crippen LogP contribution in [-0.2, 0) is 6.54 Å². The van der Waals surface area contributed by atoms with E-state index in [1.807, 2.05) is 43.3 Å². The summed E-state index contributed by atoms with van der Waals surface area (Å²) in [4.78, 5) is 32.8. The Bertz CT molecular complexity index is 795. The molecule has 1 fully saturated rings. The van der Waals surface area contributed by atoms with Crippen LogP contribution >= 0.6 is 0 Å². The van der Waals surface area contributed by atoms with E-state index >= 15 is 0 Å². The van der Waals surface area contributed by atoms with Crippen LogP contribution in [-0.4, -0.2) is 64.1 Å². The summed E-state index contributed by atoms with van der Waals surface area (Å²) in [7, 11) is 0. The lowest BCUT2D eigenvalue weighted by Gasteiger charge is -2.25. The molecule has 0 spiro atoms. The first-order valence-corrected chi connectivity index (χ1v) is 9.49. The lowest BCUT2D eigenvalue weighted by Crippen LogP contribution is -2.46. The van der Waals surface area contributed by atoms with Crippen LogP contribution in [0, 0.1) is 6.92 Å². The zero-order valence-corrected chi connectivity index (χ0v) is 16.0. The molecular formula is C21H26N4O3. The summed E-state index contributed by atoms with van der Waals surface area (Å²) in [6.45, 7) is 3.52. The van der Waals surface area contributed by atoms with Gasteiger partial charge < -0.3 is 20.2 Å². The number of nitrogens with one attached hydrogen (secondary N) is 1. The van der Waals surface area contributed by atoms with Gasteiger partial charge >= 0.3 is 6.03 Å². The average molecular weight is 382 g/mol. The van der Waals surface area contributed by atoms with Gasteiger partial charge in [0, 0.05) is 44.1 Å². The molecule has 2 heterocycles. The van der Waals surface area contributed by atoms with Crippen molar-refractivity contribution in [3.63, 3.8) is 0 Å². The molecule has 0 bridgehead atoms. The quantitative estimate of drug-likeness (QED) is 0.798. The van der Waals surface area contributed by atoms with Gasteiger partial charge in [0.2, 0.25) is 0 Å². The third-order valence-corrected chi connectivity index (χ3v) is 4.83. The molecule has 148 valence electrons. The Kier molecular flexibility index (Phi) is 6.60. The van der Waals surface area contributed by atoms with E-state index in [1.165, 1.54) is 0 Å². The van der Waals surface area contributed by atoms with Crippen LogP contribution in [0.3, 0.4) is 0 Å². The van der Waals surface area contributed by atoms with Gasteiger partial charge in [0.1, 0.15) is 0 Å². The second-order valence-corrected chi connectivity index (χ2v) is 7.01. The summed E-state index contributed by atoms with van der Waals surface area (Å²) in [5.41, 5.74) is 2.43. The van der Waals surface area contributed by atoms with Crippen molar-refractivity contribution in [3.8, 4) is 0 Å². The molecule has 1 aromatic carbocycles. The largest absolute Gasteiger partial charge is 0.395 e. The van der Waals surface area contributed by atoms with Crippen molar-refractivity contribution in [2.24, 2.45) is 0 Å². The molecule has 1 atom stereocenters. The van der Waals surface area contributed by atoms with Crippen LogP contribution in [0.5, 0.6) is 0 Å². The molecule has 0 aliphatic carbocycles. The number of hydrogen-bond acceptors (Lipinski definition) is 4. The number of amides is 3. The van der Waals surface area contributed by atoms with Crippen molar-refractivity contribution in [3.05, 3.63) is 65.5 Å². The van der Waals surface area contributed by atoms with Crippen LogP contribution < -0.4 is 5.32 Å². The molecule has 2 aromatic rings. The first kappa shape index (κ1) is 19.8. The SMILES string of the molecule is Cc1ccc(C(=O)N2CC[C@@H](NC(=O)N(CCO)Cc3ccccc3)C2)cn1. The van der Waals surface area contributed by atoms with Gasteiger partial charge in [-0.25, -0.2) is 4.79 Å². The van der Waals surface area contributed by atoms with Crippen LogP contribution in [0.1, 0.15) is 28.0 Å². The summed E-state index contributed by atoms with van der Waals surface area (Å²) >= 11 is 0. The Morgan fingerprint density at radius 2 is 2.04 bits per heavy atom. The Balaban J connectivity index is 1.56. The molecule has 1 aliphatic heterocycles. The predicted octanol–water partition coefficient (Wildman–Crippen LogP) is 1.81. The van der Waals surface area contributed by atoms with E-state index < -0.39 is 0 Å². The number of urea groups is 1. The fourth-order valence-electron chi connectivity index (χ4n) is 3.28. The molecule has 2 N–H and O–H groups in total. The first-order chi connectivity index (χ1) is 13.6. The summed E-state index contributed by atoms with van der Waals surface area (Å²) in [5, 5.41) is 12.3. The van der Waals surface area contributed by atoms with Crippen LogP contribution in [0.4, 0.5) is 4.79 Å². The van der Waals surface area contributed by atoms with E-state index in [0.29, 0.717) is 31.6 Å². The minimum atomic E-state index is -0.228. The molecule has 28 heavy (non-hydrogen) atoms. The first-order valence-electron chi connectivity index (χ1n) is 9.49. The molecular weight excluding hydrogens is 356 g/mol. The smallest absolute Gasteiger partial charge is 0.318 e. The maximum atomic E-state index is 12.7. The number of aliphatic hydroxyl groups is 1. The van der Waals surface area contributed by atoms with Gasteiger partial charge in [-0.2, -0.15) is 0 Å². The maximum absolute atomic E-state index is 12.7. The fourth-order valence-corrected chi connectivity index (χ4v) is 3.28. The number of aryl methyl sites for hydroxylation is 1. The zero-order valence-electron chi connectivity index (χ0n) is 16.0. The van der Waals surface area contributed by atoms with Gasteiger partial charge in [-0.1, -0.05) is 30.3 Å². The molecule has 0 radical (unpaired) electrons. The molecule has 1 aliphatic rings. The number of rotatable bonds is 6. The van der Waals surface area contributed by atoms with Crippen molar-refractivity contribution in [1.82, 2.24) is 20.1 Å². The molecule has 3 amide bonds. The molecule has 3 rings (SSSR count). The van der Waals surface area contributed by atoms with Crippen LogP contribution in [0.25, 0.3) is 0 Å². The van der Waals surface area contributed by atoms with E-state index in [0.717, 1.165) is 11.3 Å². The van der Waals surface area contributed by atoms with Gasteiger partial charge in [-0.05, 0) is 31.0 Å². The van der Waals surface area contributed by atoms with Gasteiger partial charge in [-0.3, -0.25) is 9.78 Å². The van der Waals surface area contributed by atoms with Crippen molar-refractivity contribution >= 4 is 11.9 Å². The van der Waals surface area contributed by atoms with E-state index in [1.54, 1.807) is 22.1 Å². The monoisotopic (exact) mass is 382 g/mol. The molecule has 7 heteroatoms. The lowest BCUT2D eigenvalue weighted by atomic mass is 10.2. The summed E-state index contributed by atoms with van der Waals surface area (Å²) in [6.07, 6.45) is 2.29. The third-order valence-electron chi connectivity index (χ3n) is 4.83. The number of likely N-dealkylation sites (tertiary alicyclic amines) is 1. The second kappa shape index (κ2) is 9.32. The molecule has 0 saturated carbocycles.